The lowest BCUT2D eigenvalue weighted by Gasteiger charge is -2.14. The van der Waals surface area contributed by atoms with Gasteiger partial charge in [-0.15, -0.1) is 0 Å². The van der Waals surface area contributed by atoms with E-state index in [1.807, 2.05) is 24.3 Å². The van der Waals surface area contributed by atoms with Crippen molar-refractivity contribution in [3.8, 4) is 0 Å². The molecule has 0 aliphatic carbocycles. The first-order valence-corrected chi connectivity index (χ1v) is 8.34. The fourth-order valence-electron chi connectivity index (χ4n) is 2.15. The minimum Gasteiger partial charge on any atom is -0.369 e. The van der Waals surface area contributed by atoms with Gasteiger partial charge < -0.3 is 10.1 Å². The number of nitrogens with zero attached hydrogens (tertiary/aromatic N) is 3. The normalized spacial score (nSPS) is 12.3. The molecule has 0 aliphatic heterocycles. The van der Waals surface area contributed by atoms with Gasteiger partial charge in [0.1, 0.15) is 18.8 Å². The average molecular weight is 330 g/mol. The summed E-state index contributed by atoms with van der Waals surface area (Å²) < 4.78 is 7.32. The zero-order chi connectivity index (χ0) is 17.4. The molecule has 1 atom stereocenters. The predicted molar refractivity (Wildman–Crippen MR) is 92.3 cm³/mol. The first-order valence-electron chi connectivity index (χ1n) is 8.34. The van der Waals surface area contributed by atoms with Gasteiger partial charge in [0.2, 0.25) is 5.91 Å². The Morgan fingerprint density at radius 1 is 1.21 bits per heavy atom. The number of carbonyl (C=O) groups is 1. The molecular weight excluding hydrogens is 304 g/mol. The molecule has 2 aromatic rings. The maximum Gasteiger partial charge on any atom is 0.249 e. The summed E-state index contributed by atoms with van der Waals surface area (Å²) in [7, 11) is 0. The van der Waals surface area contributed by atoms with Crippen molar-refractivity contribution in [3.05, 3.63) is 48.0 Å². The number of rotatable bonds is 9. The van der Waals surface area contributed by atoms with Gasteiger partial charge in [-0.2, -0.15) is 5.10 Å². The monoisotopic (exact) mass is 330 g/mol. The van der Waals surface area contributed by atoms with Crippen LogP contribution in [0.5, 0.6) is 0 Å². The second-order valence-electron chi connectivity index (χ2n) is 6.32. The van der Waals surface area contributed by atoms with Gasteiger partial charge in [-0.25, -0.2) is 9.67 Å². The standard InChI is InChI=1S/C18H26N4O2/c1-14(2)8-9-24-15(3)18(23)20-10-16-4-6-17(7-5-16)11-22-13-19-12-21-22/h4-7,12-15H,8-11H2,1-3H3,(H,20,23)/t15-/m1/s1. The maximum atomic E-state index is 12.0. The quantitative estimate of drug-likeness (QED) is 0.766. The molecule has 1 N–H and O–H groups in total. The molecule has 6 nitrogen and oxygen atoms in total. The Bertz CT molecular complexity index is 608. The minimum absolute atomic E-state index is 0.0783. The number of aromatic nitrogens is 3. The Hall–Kier alpha value is -2.21. The molecule has 1 amide bonds. The highest BCUT2D eigenvalue weighted by molar-refractivity contribution is 5.80. The topological polar surface area (TPSA) is 69.0 Å². The van der Waals surface area contributed by atoms with Crippen LogP contribution in [0.3, 0.4) is 0 Å². The summed E-state index contributed by atoms with van der Waals surface area (Å²) in [4.78, 5) is 15.9. The Labute approximate surface area is 143 Å². The van der Waals surface area contributed by atoms with E-state index in [0.717, 1.165) is 17.5 Å². The van der Waals surface area contributed by atoms with Crippen LogP contribution in [-0.2, 0) is 22.6 Å². The Kier molecular flexibility index (Phi) is 6.93. The molecule has 6 heteroatoms. The lowest BCUT2D eigenvalue weighted by Crippen LogP contribution is -2.34. The summed E-state index contributed by atoms with van der Waals surface area (Å²) in [5.41, 5.74) is 2.20. The second kappa shape index (κ2) is 9.17. The lowest BCUT2D eigenvalue weighted by atomic mass is 10.1. The van der Waals surface area contributed by atoms with E-state index in [1.54, 1.807) is 17.9 Å². The lowest BCUT2D eigenvalue weighted by molar-refractivity contribution is -0.132. The number of ether oxygens (including phenoxy) is 1. The largest absolute Gasteiger partial charge is 0.369 e. The van der Waals surface area contributed by atoms with Crippen LogP contribution < -0.4 is 5.32 Å². The molecule has 1 aromatic carbocycles. The SMILES string of the molecule is CC(C)CCO[C@H](C)C(=O)NCc1ccc(Cn2cncn2)cc1. The number of benzene rings is 1. The molecule has 0 spiro atoms. The fraction of sp³-hybridized carbons (Fsp3) is 0.500. The van der Waals surface area contributed by atoms with Gasteiger partial charge in [0.05, 0.1) is 6.54 Å². The van der Waals surface area contributed by atoms with Gasteiger partial charge in [0.25, 0.3) is 0 Å². The molecule has 24 heavy (non-hydrogen) atoms. The first kappa shape index (κ1) is 18.1. The summed E-state index contributed by atoms with van der Waals surface area (Å²) in [6.45, 7) is 7.87. The van der Waals surface area contributed by atoms with E-state index in [9.17, 15) is 4.79 Å². The summed E-state index contributed by atoms with van der Waals surface area (Å²) in [6.07, 6.45) is 3.75. The summed E-state index contributed by atoms with van der Waals surface area (Å²) in [6, 6.07) is 8.09. The number of nitrogens with one attached hydrogen (secondary N) is 1. The highest BCUT2D eigenvalue weighted by Gasteiger charge is 2.12. The average Bonchev–Trinajstić information content (AvgIpc) is 3.06. The zero-order valence-corrected chi connectivity index (χ0v) is 14.6. The molecule has 0 radical (unpaired) electrons. The Balaban J connectivity index is 1.74. The molecule has 0 bridgehead atoms. The molecule has 0 aliphatic rings. The molecular formula is C18H26N4O2. The van der Waals surface area contributed by atoms with E-state index < -0.39 is 6.10 Å². The highest BCUT2D eigenvalue weighted by atomic mass is 16.5. The minimum atomic E-state index is -0.421. The van der Waals surface area contributed by atoms with Crippen molar-refractivity contribution in [2.45, 2.75) is 46.4 Å². The van der Waals surface area contributed by atoms with Crippen molar-refractivity contribution >= 4 is 5.91 Å². The molecule has 1 aromatic heterocycles. The third-order valence-corrected chi connectivity index (χ3v) is 3.73. The van der Waals surface area contributed by atoms with Crippen LogP contribution >= 0.6 is 0 Å². The van der Waals surface area contributed by atoms with Gasteiger partial charge in [0.15, 0.2) is 0 Å². The van der Waals surface area contributed by atoms with E-state index in [4.69, 9.17) is 4.74 Å². The van der Waals surface area contributed by atoms with E-state index in [0.29, 0.717) is 25.6 Å². The number of carbonyl (C=O) groups excluding carboxylic acids is 1. The van der Waals surface area contributed by atoms with E-state index in [-0.39, 0.29) is 5.91 Å². The zero-order valence-electron chi connectivity index (χ0n) is 14.6. The molecule has 1 heterocycles. The van der Waals surface area contributed by atoms with Crippen LogP contribution in [0.15, 0.2) is 36.9 Å². The van der Waals surface area contributed by atoms with Crippen molar-refractivity contribution in [1.82, 2.24) is 20.1 Å². The van der Waals surface area contributed by atoms with Crippen LogP contribution in [0.4, 0.5) is 0 Å². The molecule has 0 saturated carbocycles. The van der Waals surface area contributed by atoms with Crippen LogP contribution in [-0.4, -0.2) is 33.4 Å². The number of amides is 1. The van der Waals surface area contributed by atoms with Gasteiger partial charge in [-0.3, -0.25) is 4.79 Å². The smallest absolute Gasteiger partial charge is 0.249 e. The van der Waals surface area contributed by atoms with E-state index >= 15 is 0 Å². The first-order chi connectivity index (χ1) is 11.5. The number of hydrogen-bond acceptors (Lipinski definition) is 4. The van der Waals surface area contributed by atoms with Gasteiger partial charge in [0, 0.05) is 13.2 Å². The van der Waals surface area contributed by atoms with Crippen LogP contribution in [0.25, 0.3) is 0 Å². The van der Waals surface area contributed by atoms with Gasteiger partial charge in [-0.1, -0.05) is 38.1 Å². The predicted octanol–water partition coefficient (Wildman–Crippen LogP) is 2.39. The van der Waals surface area contributed by atoms with Crippen LogP contribution in [0.2, 0.25) is 0 Å². The van der Waals surface area contributed by atoms with Crippen molar-refractivity contribution < 1.29 is 9.53 Å². The second-order valence-corrected chi connectivity index (χ2v) is 6.32. The van der Waals surface area contributed by atoms with Crippen LogP contribution in [0.1, 0.15) is 38.3 Å². The van der Waals surface area contributed by atoms with Gasteiger partial charge >= 0.3 is 0 Å². The summed E-state index contributed by atoms with van der Waals surface area (Å²) >= 11 is 0. The Morgan fingerprint density at radius 2 is 1.92 bits per heavy atom. The number of hydrogen-bond donors (Lipinski definition) is 1. The van der Waals surface area contributed by atoms with Crippen molar-refractivity contribution in [1.29, 1.82) is 0 Å². The van der Waals surface area contributed by atoms with Gasteiger partial charge in [-0.05, 0) is 30.4 Å². The molecule has 0 unspecified atom stereocenters. The molecule has 130 valence electrons. The maximum absolute atomic E-state index is 12.0. The molecule has 0 fully saturated rings. The van der Waals surface area contributed by atoms with Crippen molar-refractivity contribution in [2.24, 2.45) is 5.92 Å². The van der Waals surface area contributed by atoms with Crippen molar-refractivity contribution in [3.63, 3.8) is 0 Å². The van der Waals surface area contributed by atoms with Crippen molar-refractivity contribution in [2.75, 3.05) is 6.61 Å². The third-order valence-electron chi connectivity index (χ3n) is 3.73. The fourth-order valence-corrected chi connectivity index (χ4v) is 2.15. The molecule has 2 rings (SSSR count). The van der Waals surface area contributed by atoms with E-state index in [1.165, 1.54) is 6.33 Å². The van der Waals surface area contributed by atoms with Crippen LogP contribution in [0, 0.1) is 5.92 Å². The summed E-state index contributed by atoms with van der Waals surface area (Å²) in [5.74, 6) is 0.502. The Morgan fingerprint density at radius 3 is 2.54 bits per heavy atom. The third kappa shape index (κ3) is 6.12. The van der Waals surface area contributed by atoms with E-state index in [2.05, 4.69) is 29.2 Å². The summed E-state index contributed by atoms with van der Waals surface area (Å²) in [5, 5.41) is 6.99. The molecule has 0 saturated heterocycles. The highest BCUT2D eigenvalue weighted by Crippen LogP contribution is 2.06.